The van der Waals surface area contributed by atoms with Gasteiger partial charge in [-0.1, -0.05) is 5.92 Å². The number of sulfonamides is 1. The maximum Gasteiger partial charge on any atom is 0.268 e. The quantitative estimate of drug-likeness (QED) is 0.598. The number of hydrogen-bond acceptors (Lipinski definition) is 7. The summed E-state index contributed by atoms with van der Waals surface area (Å²) in [6, 6.07) is -1.17. The van der Waals surface area contributed by atoms with E-state index in [9.17, 15) is 18.3 Å². The third kappa shape index (κ3) is 4.11. The number of aryl methyl sites for hydroxylation is 1. The number of pyridine rings is 1. The molecule has 2 saturated carbocycles. The largest absolute Gasteiger partial charge is 0.388 e. The van der Waals surface area contributed by atoms with Gasteiger partial charge in [-0.3, -0.25) is 9.36 Å². The normalized spacial score (nSPS) is 29.9. The Bertz CT molecular complexity index is 1380. The van der Waals surface area contributed by atoms with Crippen molar-refractivity contribution in [2.45, 2.75) is 81.5 Å². The lowest BCUT2D eigenvalue weighted by atomic mass is 9.98. The van der Waals surface area contributed by atoms with Crippen LogP contribution in [0.5, 0.6) is 0 Å². The van der Waals surface area contributed by atoms with Crippen molar-refractivity contribution >= 4 is 27.0 Å². The first kappa shape index (κ1) is 24.2. The van der Waals surface area contributed by atoms with Gasteiger partial charge in [0.05, 0.1) is 28.5 Å². The van der Waals surface area contributed by atoms with Crippen LogP contribution in [0.2, 0.25) is 0 Å². The fraction of sp³-hybridized carbons (Fsp3) is 0.625. The van der Waals surface area contributed by atoms with Crippen molar-refractivity contribution < 1.29 is 17.9 Å². The Labute approximate surface area is 203 Å². The van der Waals surface area contributed by atoms with Crippen molar-refractivity contribution in [3.8, 4) is 12.3 Å². The zero-order valence-electron chi connectivity index (χ0n) is 19.9. The Kier molecular flexibility index (Phi) is 5.89. The van der Waals surface area contributed by atoms with E-state index in [-0.39, 0.29) is 36.3 Å². The van der Waals surface area contributed by atoms with E-state index in [1.54, 1.807) is 20.0 Å². The first-order chi connectivity index (χ1) is 16.5. The highest BCUT2D eigenvalue weighted by Crippen LogP contribution is 2.40. The second-order valence-corrected chi connectivity index (χ2v) is 12.4. The zero-order chi connectivity index (χ0) is 25.1. The topological polar surface area (TPSA) is 117 Å². The van der Waals surface area contributed by atoms with Gasteiger partial charge < -0.3 is 10.4 Å². The van der Waals surface area contributed by atoms with Crippen LogP contribution in [-0.4, -0.2) is 68.5 Å². The van der Waals surface area contributed by atoms with Gasteiger partial charge in [0.15, 0.2) is 0 Å². The number of hydrogen-bond donors (Lipinski definition) is 2. The molecule has 11 heteroatoms. The van der Waals surface area contributed by atoms with Gasteiger partial charge >= 0.3 is 0 Å². The number of halogens is 1. The summed E-state index contributed by atoms with van der Waals surface area (Å²) >= 11 is 0. The van der Waals surface area contributed by atoms with Gasteiger partial charge in [-0.05, 0) is 57.9 Å². The molecule has 5 rings (SSSR count). The SMILES string of the molecule is C#Cc1c(C)c2cnc(N[C@@H]3CCN(S(=O)(=O)C4CC4)C[C@H]3F)nc2n([C@@H]2CCC[C@@]2(C)O)c1=O. The minimum atomic E-state index is -3.43. The second kappa shape index (κ2) is 8.54. The highest BCUT2D eigenvalue weighted by Gasteiger charge is 2.44. The predicted octanol–water partition coefficient (Wildman–Crippen LogP) is 1.87. The van der Waals surface area contributed by atoms with Crippen molar-refractivity contribution in [2.24, 2.45) is 0 Å². The van der Waals surface area contributed by atoms with E-state index in [0.29, 0.717) is 42.3 Å². The molecule has 0 bridgehead atoms. The van der Waals surface area contributed by atoms with Crippen LogP contribution in [0.1, 0.15) is 62.6 Å². The van der Waals surface area contributed by atoms with Crippen LogP contribution in [0.4, 0.5) is 10.3 Å². The molecule has 1 aliphatic heterocycles. The number of terminal acetylenes is 1. The number of rotatable bonds is 5. The number of anilines is 1. The van der Waals surface area contributed by atoms with Gasteiger partial charge in [-0.2, -0.15) is 9.29 Å². The van der Waals surface area contributed by atoms with Gasteiger partial charge in [0.25, 0.3) is 5.56 Å². The Morgan fingerprint density at radius 2 is 2.06 bits per heavy atom. The number of fused-ring (bicyclic) bond motifs is 1. The molecule has 9 nitrogen and oxygen atoms in total. The van der Waals surface area contributed by atoms with E-state index in [2.05, 4.69) is 21.2 Å². The highest BCUT2D eigenvalue weighted by molar-refractivity contribution is 7.90. The number of piperidine rings is 1. The van der Waals surface area contributed by atoms with Crippen molar-refractivity contribution in [1.82, 2.24) is 18.8 Å². The van der Waals surface area contributed by atoms with Crippen LogP contribution in [0.15, 0.2) is 11.0 Å². The Balaban J connectivity index is 1.48. The van der Waals surface area contributed by atoms with E-state index < -0.39 is 39.4 Å². The molecule has 2 aromatic heterocycles. The third-order valence-corrected chi connectivity index (χ3v) is 10.0. The van der Waals surface area contributed by atoms with Crippen molar-refractivity contribution in [3.05, 3.63) is 27.7 Å². The van der Waals surface area contributed by atoms with Crippen LogP contribution in [0.25, 0.3) is 11.0 Å². The zero-order valence-corrected chi connectivity index (χ0v) is 20.7. The van der Waals surface area contributed by atoms with Crippen molar-refractivity contribution in [2.75, 3.05) is 18.4 Å². The number of nitrogens with zero attached hydrogens (tertiary/aromatic N) is 4. The summed E-state index contributed by atoms with van der Waals surface area (Å²) in [5.41, 5.74) is -0.371. The maximum absolute atomic E-state index is 15.0. The van der Waals surface area contributed by atoms with Gasteiger partial charge in [0, 0.05) is 24.7 Å². The van der Waals surface area contributed by atoms with Crippen LogP contribution in [0, 0.1) is 19.3 Å². The predicted molar refractivity (Wildman–Crippen MR) is 130 cm³/mol. The van der Waals surface area contributed by atoms with E-state index in [4.69, 9.17) is 6.42 Å². The summed E-state index contributed by atoms with van der Waals surface area (Å²) < 4.78 is 42.7. The minimum Gasteiger partial charge on any atom is -0.388 e. The summed E-state index contributed by atoms with van der Waals surface area (Å²) in [5.74, 6) is 2.61. The Hall–Kier alpha value is -2.55. The van der Waals surface area contributed by atoms with E-state index in [1.807, 2.05) is 0 Å². The molecule has 2 aromatic rings. The molecule has 188 valence electrons. The molecule has 1 saturated heterocycles. The van der Waals surface area contributed by atoms with E-state index in [1.165, 1.54) is 8.87 Å². The molecule has 0 unspecified atom stereocenters. The van der Waals surface area contributed by atoms with Gasteiger partial charge in [-0.25, -0.2) is 17.8 Å². The summed E-state index contributed by atoms with van der Waals surface area (Å²) in [4.78, 5) is 22.3. The number of aromatic nitrogens is 3. The van der Waals surface area contributed by atoms with Gasteiger partial charge in [0.1, 0.15) is 11.8 Å². The monoisotopic (exact) mass is 503 g/mol. The fourth-order valence-electron chi connectivity index (χ4n) is 5.41. The third-order valence-electron chi connectivity index (χ3n) is 7.67. The molecule has 0 spiro atoms. The molecule has 4 atom stereocenters. The minimum absolute atomic E-state index is 0.141. The molecule has 3 fully saturated rings. The standard InChI is InChI=1S/C24H30FN5O4S/c1-4-16-14(2)17-12-26-23(28-21(17)30(22(16)31)20-6-5-10-24(20,3)32)27-19-9-11-29(13-18(19)25)35(33,34)15-7-8-15/h1,12,15,18-20,32H,5-11,13H2,2-3H3,(H,26,27,28)/t18-,19-,20-,24-/m1/s1. The van der Waals surface area contributed by atoms with Gasteiger partial charge in [0.2, 0.25) is 16.0 Å². The highest BCUT2D eigenvalue weighted by atomic mass is 32.2. The summed E-state index contributed by atoms with van der Waals surface area (Å²) in [6.45, 7) is 3.46. The lowest BCUT2D eigenvalue weighted by Crippen LogP contribution is -2.50. The fourth-order valence-corrected chi connectivity index (χ4v) is 7.28. The Morgan fingerprint density at radius 1 is 1.31 bits per heavy atom. The lowest BCUT2D eigenvalue weighted by Gasteiger charge is -2.34. The molecule has 0 radical (unpaired) electrons. The smallest absolute Gasteiger partial charge is 0.268 e. The average Bonchev–Trinajstić information content (AvgIpc) is 3.61. The Morgan fingerprint density at radius 3 is 2.66 bits per heavy atom. The van der Waals surface area contributed by atoms with Crippen molar-refractivity contribution in [1.29, 1.82) is 0 Å². The molecule has 35 heavy (non-hydrogen) atoms. The van der Waals surface area contributed by atoms with E-state index in [0.717, 1.165) is 6.42 Å². The molecular weight excluding hydrogens is 473 g/mol. The summed E-state index contributed by atoms with van der Waals surface area (Å²) in [5, 5.41) is 14.2. The summed E-state index contributed by atoms with van der Waals surface area (Å²) in [6.07, 6.45) is 9.22. The average molecular weight is 504 g/mol. The molecule has 0 aromatic carbocycles. The maximum atomic E-state index is 15.0. The molecule has 0 amide bonds. The molecule has 2 aliphatic carbocycles. The molecule has 3 aliphatic rings. The van der Waals surface area contributed by atoms with Crippen LogP contribution < -0.4 is 10.9 Å². The molecule has 3 heterocycles. The first-order valence-corrected chi connectivity index (χ1v) is 13.6. The van der Waals surface area contributed by atoms with Crippen LogP contribution >= 0.6 is 0 Å². The lowest BCUT2D eigenvalue weighted by molar-refractivity contribution is 0.0266. The molecular formula is C24H30FN5O4S. The van der Waals surface area contributed by atoms with Gasteiger partial charge in [-0.15, -0.1) is 6.42 Å². The number of alkyl halides is 1. The first-order valence-electron chi connectivity index (χ1n) is 12.0. The van der Waals surface area contributed by atoms with Crippen molar-refractivity contribution in [3.63, 3.8) is 0 Å². The molecule has 2 N–H and O–H groups in total. The number of nitrogens with one attached hydrogen (secondary N) is 1. The summed E-state index contributed by atoms with van der Waals surface area (Å²) in [7, 11) is -3.43. The van der Waals surface area contributed by atoms with E-state index >= 15 is 4.39 Å². The second-order valence-electron chi connectivity index (χ2n) is 10.2. The van der Waals surface area contributed by atoms with Crippen LogP contribution in [0.3, 0.4) is 0 Å². The van der Waals surface area contributed by atoms with Crippen LogP contribution in [-0.2, 0) is 10.0 Å². The number of aliphatic hydroxyl groups is 1.